The van der Waals surface area contributed by atoms with Gasteiger partial charge >= 0.3 is 0 Å². The van der Waals surface area contributed by atoms with Crippen LogP contribution in [0.3, 0.4) is 0 Å². The highest BCUT2D eigenvalue weighted by Crippen LogP contribution is 2.10. The lowest BCUT2D eigenvalue weighted by Crippen LogP contribution is -2.24. The van der Waals surface area contributed by atoms with Gasteiger partial charge < -0.3 is 4.74 Å². The summed E-state index contributed by atoms with van der Waals surface area (Å²) in [6.45, 7) is 3.94. The van der Waals surface area contributed by atoms with Crippen LogP contribution in [0.25, 0.3) is 0 Å². The van der Waals surface area contributed by atoms with Crippen molar-refractivity contribution in [1.82, 2.24) is 0 Å². The molecular formula is C7H10O2. The molecule has 0 aromatic rings. The third-order valence-electron chi connectivity index (χ3n) is 1.29. The summed E-state index contributed by atoms with van der Waals surface area (Å²) in [6, 6.07) is 0. The molecule has 0 aliphatic rings. The first-order valence-corrected chi connectivity index (χ1v) is 2.77. The molecule has 0 saturated heterocycles. The van der Waals surface area contributed by atoms with Gasteiger partial charge in [0.1, 0.15) is 0 Å². The van der Waals surface area contributed by atoms with E-state index >= 15 is 0 Å². The minimum atomic E-state index is -0.707. The average Bonchev–Trinajstić information content (AvgIpc) is 1.89. The van der Waals surface area contributed by atoms with E-state index in [0.29, 0.717) is 12.9 Å². The van der Waals surface area contributed by atoms with Crippen molar-refractivity contribution >= 4 is 6.47 Å². The van der Waals surface area contributed by atoms with E-state index in [1.165, 1.54) is 0 Å². The van der Waals surface area contributed by atoms with Gasteiger partial charge in [0.15, 0.2) is 5.60 Å². The molecule has 1 atom stereocenters. The van der Waals surface area contributed by atoms with Crippen molar-refractivity contribution in [2.24, 2.45) is 0 Å². The normalized spacial score (nSPS) is 15.2. The lowest BCUT2D eigenvalue weighted by Gasteiger charge is -2.18. The van der Waals surface area contributed by atoms with Gasteiger partial charge in [-0.2, -0.15) is 0 Å². The molecule has 0 spiro atoms. The zero-order chi connectivity index (χ0) is 7.33. The molecule has 0 bridgehead atoms. The first-order valence-electron chi connectivity index (χ1n) is 2.77. The molecule has 0 amide bonds. The van der Waals surface area contributed by atoms with E-state index in [1.54, 1.807) is 6.92 Å². The van der Waals surface area contributed by atoms with Gasteiger partial charge in [-0.3, -0.25) is 4.79 Å². The molecule has 0 radical (unpaired) electrons. The molecule has 0 aliphatic carbocycles. The smallest absolute Gasteiger partial charge is 0.294 e. The molecule has 0 fully saturated rings. The summed E-state index contributed by atoms with van der Waals surface area (Å²) in [5, 5.41) is 0. The minimum absolute atomic E-state index is 0.378. The molecule has 1 unspecified atom stereocenters. The Balaban J connectivity index is 3.96. The number of carbonyl (C=O) groups is 1. The van der Waals surface area contributed by atoms with E-state index in [0.717, 1.165) is 0 Å². The Morgan fingerprint density at radius 1 is 1.89 bits per heavy atom. The number of terminal acetylenes is 1. The molecule has 0 heterocycles. The Bertz CT molecular complexity index is 134. The van der Waals surface area contributed by atoms with Crippen molar-refractivity contribution in [2.75, 3.05) is 0 Å². The van der Waals surface area contributed by atoms with Gasteiger partial charge in [-0.05, 0) is 13.3 Å². The van der Waals surface area contributed by atoms with E-state index in [9.17, 15) is 4.79 Å². The molecule has 0 aromatic heterocycles. The van der Waals surface area contributed by atoms with Gasteiger partial charge in [0, 0.05) is 0 Å². The van der Waals surface area contributed by atoms with E-state index in [2.05, 4.69) is 10.7 Å². The highest BCUT2D eigenvalue weighted by molar-refractivity contribution is 5.39. The van der Waals surface area contributed by atoms with Gasteiger partial charge in [-0.25, -0.2) is 0 Å². The highest BCUT2D eigenvalue weighted by atomic mass is 16.5. The molecular weight excluding hydrogens is 116 g/mol. The van der Waals surface area contributed by atoms with Gasteiger partial charge in [0.2, 0.25) is 0 Å². The number of ether oxygens (including phenoxy) is 1. The van der Waals surface area contributed by atoms with Gasteiger partial charge in [0.25, 0.3) is 6.47 Å². The third kappa shape index (κ3) is 2.18. The fourth-order valence-electron chi connectivity index (χ4n) is 0.326. The van der Waals surface area contributed by atoms with Crippen LogP contribution in [-0.4, -0.2) is 12.1 Å². The Morgan fingerprint density at radius 3 is 2.56 bits per heavy atom. The summed E-state index contributed by atoms with van der Waals surface area (Å²) in [5.41, 5.74) is -0.707. The number of rotatable bonds is 3. The number of hydrogen-bond donors (Lipinski definition) is 0. The summed E-state index contributed by atoms with van der Waals surface area (Å²) >= 11 is 0. The Labute approximate surface area is 55.2 Å². The second-order valence-electron chi connectivity index (χ2n) is 1.94. The lowest BCUT2D eigenvalue weighted by molar-refractivity contribution is -0.137. The summed E-state index contributed by atoms with van der Waals surface area (Å²) < 4.78 is 4.61. The first-order chi connectivity index (χ1) is 4.18. The predicted molar refractivity (Wildman–Crippen MR) is 34.7 cm³/mol. The van der Waals surface area contributed by atoms with Gasteiger partial charge in [-0.1, -0.05) is 12.8 Å². The van der Waals surface area contributed by atoms with Crippen LogP contribution in [0.4, 0.5) is 0 Å². The average molecular weight is 126 g/mol. The second-order valence-corrected chi connectivity index (χ2v) is 1.94. The predicted octanol–water partition coefficient (Wildman–Crippen LogP) is 0.961. The van der Waals surface area contributed by atoms with E-state index in [-0.39, 0.29) is 0 Å². The fraction of sp³-hybridized carbons (Fsp3) is 0.571. The topological polar surface area (TPSA) is 26.3 Å². The number of carbonyl (C=O) groups excluding carboxylic acids is 1. The van der Waals surface area contributed by atoms with Crippen molar-refractivity contribution in [1.29, 1.82) is 0 Å². The maximum atomic E-state index is 9.82. The summed E-state index contributed by atoms with van der Waals surface area (Å²) in [5.74, 6) is 2.38. The number of hydrogen-bond acceptors (Lipinski definition) is 2. The molecule has 0 aromatic carbocycles. The third-order valence-corrected chi connectivity index (χ3v) is 1.29. The van der Waals surface area contributed by atoms with Crippen molar-refractivity contribution < 1.29 is 9.53 Å². The van der Waals surface area contributed by atoms with Crippen molar-refractivity contribution in [2.45, 2.75) is 25.9 Å². The summed E-state index contributed by atoms with van der Waals surface area (Å²) in [6.07, 6.45) is 5.71. The molecule has 0 aliphatic heterocycles. The zero-order valence-corrected chi connectivity index (χ0v) is 5.68. The van der Waals surface area contributed by atoms with Crippen LogP contribution in [-0.2, 0) is 9.53 Å². The first kappa shape index (κ1) is 8.03. The second kappa shape index (κ2) is 3.13. The van der Waals surface area contributed by atoms with Crippen LogP contribution in [0, 0.1) is 12.3 Å². The van der Waals surface area contributed by atoms with Crippen molar-refractivity contribution in [3.63, 3.8) is 0 Å². The molecule has 2 nitrogen and oxygen atoms in total. The molecule has 0 saturated carbocycles. The van der Waals surface area contributed by atoms with Crippen LogP contribution in [0.2, 0.25) is 0 Å². The van der Waals surface area contributed by atoms with Crippen LogP contribution in [0.15, 0.2) is 0 Å². The lowest BCUT2D eigenvalue weighted by atomic mass is 10.1. The maximum absolute atomic E-state index is 9.82. The largest absolute Gasteiger partial charge is 0.448 e. The summed E-state index contributed by atoms with van der Waals surface area (Å²) in [7, 11) is 0. The van der Waals surface area contributed by atoms with Crippen LogP contribution in [0.1, 0.15) is 20.3 Å². The molecule has 2 heteroatoms. The Morgan fingerprint density at radius 2 is 2.44 bits per heavy atom. The van der Waals surface area contributed by atoms with Crippen molar-refractivity contribution in [3.8, 4) is 12.3 Å². The highest BCUT2D eigenvalue weighted by Gasteiger charge is 2.18. The molecule has 0 N–H and O–H groups in total. The van der Waals surface area contributed by atoms with E-state index < -0.39 is 5.60 Å². The van der Waals surface area contributed by atoms with Crippen LogP contribution in [0.5, 0.6) is 0 Å². The quantitative estimate of drug-likeness (QED) is 0.416. The Kier molecular flexibility index (Phi) is 2.80. The van der Waals surface area contributed by atoms with Crippen LogP contribution >= 0.6 is 0 Å². The SMILES string of the molecule is C#CC(C)(CC)OC=O. The maximum Gasteiger partial charge on any atom is 0.294 e. The summed E-state index contributed by atoms with van der Waals surface area (Å²) in [4.78, 5) is 9.82. The minimum Gasteiger partial charge on any atom is -0.448 e. The monoisotopic (exact) mass is 126 g/mol. The van der Waals surface area contributed by atoms with Gasteiger partial charge in [-0.15, -0.1) is 6.42 Å². The Hall–Kier alpha value is -0.970. The zero-order valence-electron chi connectivity index (χ0n) is 5.68. The van der Waals surface area contributed by atoms with Crippen molar-refractivity contribution in [3.05, 3.63) is 0 Å². The molecule has 9 heavy (non-hydrogen) atoms. The standard InChI is InChI=1S/C7H10O2/c1-4-7(3,5-2)9-6-8/h1,6H,5H2,2-3H3. The van der Waals surface area contributed by atoms with Crippen LogP contribution < -0.4 is 0 Å². The van der Waals surface area contributed by atoms with Gasteiger partial charge in [0.05, 0.1) is 0 Å². The molecule has 0 rings (SSSR count). The van der Waals surface area contributed by atoms with E-state index in [4.69, 9.17) is 6.42 Å². The van der Waals surface area contributed by atoms with E-state index in [1.807, 2.05) is 6.92 Å². The fourth-order valence-corrected chi connectivity index (χ4v) is 0.326. The molecule has 50 valence electrons.